The fraction of sp³-hybridized carbons (Fsp3) is 0.391. The van der Waals surface area contributed by atoms with Crippen LogP contribution in [0.2, 0.25) is 0 Å². The smallest absolute Gasteiger partial charge is 0.254 e. The number of hydrogen-bond donors (Lipinski definition) is 1. The highest BCUT2D eigenvalue weighted by Gasteiger charge is 2.45. The molecule has 2 amide bonds. The maximum absolute atomic E-state index is 13.2. The predicted octanol–water partition coefficient (Wildman–Crippen LogP) is 1.66. The van der Waals surface area contributed by atoms with Gasteiger partial charge >= 0.3 is 0 Å². The number of hydrogen-bond acceptors (Lipinski definition) is 7. The Morgan fingerprint density at radius 1 is 0.875 bits per heavy atom. The highest BCUT2D eigenvalue weighted by Crippen LogP contribution is 2.36. The van der Waals surface area contributed by atoms with Crippen LogP contribution in [0.25, 0.3) is 0 Å². The van der Waals surface area contributed by atoms with Gasteiger partial charge in [0.2, 0.25) is 13.6 Å². The van der Waals surface area contributed by atoms with Crippen LogP contribution in [-0.4, -0.2) is 62.6 Å². The second-order valence-electron chi connectivity index (χ2n) is 8.37. The number of piperidine rings is 1. The number of nitrogens with zero attached hydrogens (tertiary/aromatic N) is 1. The number of nitrogens with one attached hydrogen (secondary N) is 1. The molecule has 32 heavy (non-hydrogen) atoms. The molecule has 0 aromatic heterocycles. The fourth-order valence-electron chi connectivity index (χ4n) is 4.69. The molecule has 0 spiro atoms. The van der Waals surface area contributed by atoms with E-state index < -0.39 is 0 Å². The quantitative estimate of drug-likeness (QED) is 0.776. The van der Waals surface area contributed by atoms with E-state index in [1.54, 1.807) is 36.4 Å². The molecule has 2 fully saturated rings. The number of rotatable bonds is 4. The monoisotopic (exact) mass is 438 g/mol. The summed E-state index contributed by atoms with van der Waals surface area (Å²) in [4.78, 5) is 27.7. The highest BCUT2D eigenvalue weighted by molar-refractivity contribution is 5.95. The summed E-state index contributed by atoms with van der Waals surface area (Å²) in [7, 11) is 0. The lowest BCUT2D eigenvalue weighted by Gasteiger charge is -2.49. The van der Waals surface area contributed by atoms with Crippen molar-refractivity contribution < 1.29 is 33.3 Å². The van der Waals surface area contributed by atoms with Crippen molar-refractivity contribution in [1.29, 1.82) is 0 Å². The van der Waals surface area contributed by atoms with Crippen LogP contribution in [0, 0.1) is 11.8 Å². The lowest BCUT2D eigenvalue weighted by Crippen LogP contribution is -2.61. The van der Waals surface area contributed by atoms with E-state index in [9.17, 15) is 9.59 Å². The van der Waals surface area contributed by atoms with Crippen LogP contribution in [0.15, 0.2) is 36.4 Å². The molecule has 0 radical (unpaired) electrons. The van der Waals surface area contributed by atoms with E-state index in [4.69, 9.17) is 23.7 Å². The molecule has 3 atom stereocenters. The molecule has 4 heterocycles. The number of carbonyl (C=O) groups is 2. The van der Waals surface area contributed by atoms with Crippen LogP contribution in [0.5, 0.6) is 23.0 Å². The summed E-state index contributed by atoms with van der Waals surface area (Å²) in [6.45, 7) is 2.53. The Labute approximate surface area is 184 Å². The van der Waals surface area contributed by atoms with Crippen LogP contribution in [0.4, 0.5) is 0 Å². The SMILES string of the molecule is O=C(NCC1CN(C(=O)c2ccc3c(c2)OCO3)CC2COC12)c1ccc2c(c1)OCO2. The Bertz CT molecular complexity index is 1090. The van der Waals surface area contributed by atoms with Crippen molar-refractivity contribution in [3.8, 4) is 23.0 Å². The molecule has 6 rings (SSSR count). The van der Waals surface area contributed by atoms with Crippen molar-refractivity contribution in [1.82, 2.24) is 10.2 Å². The fourth-order valence-corrected chi connectivity index (χ4v) is 4.69. The third-order valence-electron chi connectivity index (χ3n) is 6.41. The normalized spacial score (nSPS) is 24.5. The minimum atomic E-state index is -0.196. The molecule has 2 aromatic carbocycles. The number of fused-ring (bicyclic) bond motifs is 3. The summed E-state index contributed by atoms with van der Waals surface area (Å²) < 4.78 is 27.2. The molecule has 0 aliphatic carbocycles. The van der Waals surface area contributed by atoms with E-state index in [2.05, 4.69) is 5.32 Å². The van der Waals surface area contributed by atoms with E-state index in [0.29, 0.717) is 60.4 Å². The third-order valence-corrected chi connectivity index (χ3v) is 6.41. The highest BCUT2D eigenvalue weighted by atomic mass is 16.7. The van der Waals surface area contributed by atoms with Gasteiger partial charge in [0.05, 0.1) is 12.7 Å². The summed E-state index contributed by atoms with van der Waals surface area (Å²) in [5, 5.41) is 2.99. The third kappa shape index (κ3) is 3.29. The van der Waals surface area contributed by atoms with Gasteiger partial charge in [-0.3, -0.25) is 9.59 Å². The lowest BCUT2D eigenvalue weighted by atomic mass is 9.82. The zero-order chi connectivity index (χ0) is 21.7. The van der Waals surface area contributed by atoms with Gasteiger partial charge in [0.25, 0.3) is 11.8 Å². The number of likely N-dealkylation sites (tertiary alicyclic amines) is 1. The largest absolute Gasteiger partial charge is 0.454 e. The Morgan fingerprint density at radius 3 is 2.22 bits per heavy atom. The summed E-state index contributed by atoms with van der Waals surface area (Å²) in [6, 6.07) is 10.4. The zero-order valence-electron chi connectivity index (χ0n) is 17.2. The van der Waals surface area contributed by atoms with Gasteiger partial charge in [0.15, 0.2) is 23.0 Å². The zero-order valence-corrected chi connectivity index (χ0v) is 17.2. The second-order valence-corrected chi connectivity index (χ2v) is 8.37. The number of carbonyl (C=O) groups excluding carboxylic acids is 2. The van der Waals surface area contributed by atoms with Gasteiger partial charge in [-0.2, -0.15) is 0 Å². The van der Waals surface area contributed by atoms with Crippen LogP contribution >= 0.6 is 0 Å². The van der Waals surface area contributed by atoms with E-state index in [0.717, 1.165) is 0 Å². The Kier molecular flexibility index (Phi) is 4.57. The molecule has 9 heteroatoms. The lowest BCUT2D eigenvalue weighted by molar-refractivity contribution is -0.170. The molecule has 0 bridgehead atoms. The first kappa shape index (κ1) is 19.2. The molecular formula is C23H22N2O7. The molecule has 2 saturated heterocycles. The van der Waals surface area contributed by atoms with Crippen LogP contribution < -0.4 is 24.3 Å². The average Bonchev–Trinajstić information content (AvgIpc) is 3.45. The van der Waals surface area contributed by atoms with Crippen molar-refractivity contribution in [2.75, 3.05) is 39.8 Å². The Hall–Kier alpha value is -3.46. The first-order valence-electron chi connectivity index (χ1n) is 10.6. The first-order chi connectivity index (χ1) is 15.7. The molecule has 4 aliphatic heterocycles. The minimum absolute atomic E-state index is 0.0124. The number of benzene rings is 2. The van der Waals surface area contributed by atoms with Gasteiger partial charge in [-0.15, -0.1) is 0 Å². The molecule has 1 N–H and O–H groups in total. The molecular weight excluding hydrogens is 416 g/mol. The van der Waals surface area contributed by atoms with Gasteiger partial charge in [0, 0.05) is 42.6 Å². The summed E-state index contributed by atoms with van der Waals surface area (Å²) in [5.74, 6) is 2.48. The van der Waals surface area contributed by atoms with E-state index in [1.165, 1.54) is 0 Å². The second kappa shape index (κ2) is 7.59. The van der Waals surface area contributed by atoms with Crippen molar-refractivity contribution >= 4 is 11.8 Å². The van der Waals surface area contributed by atoms with Crippen LogP contribution in [-0.2, 0) is 4.74 Å². The molecule has 3 unspecified atom stereocenters. The molecule has 0 saturated carbocycles. The van der Waals surface area contributed by atoms with Gasteiger partial charge in [-0.1, -0.05) is 0 Å². The van der Waals surface area contributed by atoms with E-state index in [1.807, 2.05) is 4.90 Å². The van der Waals surface area contributed by atoms with Gasteiger partial charge in [0.1, 0.15) is 0 Å². The minimum Gasteiger partial charge on any atom is -0.454 e. The first-order valence-corrected chi connectivity index (χ1v) is 10.6. The maximum Gasteiger partial charge on any atom is 0.254 e. The van der Waals surface area contributed by atoms with Gasteiger partial charge in [-0.25, -0.2) is 0 Å². The van der Waals surface area contributed by atoms with Crippen molar-refractivity contribution in [2.45, 2.75) is 6.10 Å². The maximum atomic E-state index is 13.2. The topological polar surface area (TPSA) is 95.6 Å². The van der Waals surface area contributed by atoms with Crippen LogP contribution in [0.3, 0.4) is 0 Å². The molecule has 166 valence electrons. The average molecular weight is 438 g/mol. The van der Waals surface area contributed by atoms with Crippen molar-refractivity contribution in [3.05, 3.63) is 47.5 Å². The molecule has 9 nitrogen and oxygen atoms in total. The number of ether oxygens (including phenoxy) is 5. The Morgan fingerprint density at radius 2 is 1.53 bits per heavy atom. The summed E-state index contributed by atoms with van der Waals surface area (Å²) >= 11 is 0. The van der Waals surface area contributed by atoms with Gasteiger partial charge in [-0.05, 0) is 36.4 Å². The Balaban J connectivity index is 1.13. The van der Waals surface area contributed by atoms with Crippen molar-refractivity contribution in [3.63, 3.8) is 0 Å². The number of amides is 2. The van der Waals surface area contributed by atoms with Crippen molar-refractivity contribution in [2.24, 2.45) is 11.8 Å². The molecule has 4 aliphatic rings. The van der Waals surface area contributed by atoms with Crippen LogP contribution in [0.1, 0.15) is 20.7 Å². The standard InChI is InChI=1S/C23H22N2O7/c26-22(13-1-3-17-19(5-13)31-11-29-17)24-7-15-8-25(9-16-10-28-21(15)16)23(27)14-2-4-18-20(6-14)32-12-30-18/h1-6,15-16,21H,7-12H2,(H,24,26). The predicted molar refractivity (Wildman–Crippen MR) is 110 cm³/mol. The van der Waals surface area contributed by atoms with Gasteiger partial charge < -0.3 is 33.9 Å². The molecule has 2 aromatic rings. The summed E-state index contributed by atoms with van der Waals surface area (Å²) in [5.41, 5.74) is 1.07. The summed E-state index contributed by atoms with van der Waals surface area (Å²) in [6.07, 6.45) is 0.0489. The van der Waals surface area contributed by atoms with E-state index >= 15 is 0 Å². The van der Waals surface area contributed by atoms with E-state index in [-0.39, 0.29) is 43.3 Å².